The minimum atomic E-state index is -0.901. The number of non-ortho nitro benzene ring substituents is 1. The Morgan fingerprint density at radius 2 is 1.76 bits per heavy atom. The summed E-state index contributed by atoms with van der Waals surface area (Å²) in [4.78, 5) is 34.8. The van der Waals surface area contributed by atoms with Crippen LogP contribution in [-0.2, 0) is 4.79 Å². The number of hydrogen-bond acceptors (Lipinski definition) is 7. The van der Waals surface area contributed by atoms with Crippen LogP contribution in [0.1, 0.15) is 24.2 Å². The number of carbonyl (C=O) groups excluding carboxylic acids is 2. The fraction of sp³-hybridized carbons (Fsp3) is 0.263. The number of hydrogen-bond donors (Lipinski definition) is 3. The molecule has 0 aliphatic heterocycles. The van der Waals surface area contributed by atoms with E-state index in [4.69, 9.17) is 9.47 Å². The van der Waals surface area contributed by atoms with E-state index in [2.05, 4.69) is 16.2 Å². The summed E-state index contributed by atoms with van der Waals surface area (Å²) < 4.78 is 10.9. The summed E-state index contributed by atoms with van der Waals surface area (Å²) in [6, 6.07) is 10.6. The lowest BCUT2D eigenvalue weighted by Crippen LogP contribution is -2.47. The molecule has 1 unspecified atom stereocenters. The molecule has 2 rings (SSSR count). The van der Waals surface area contributed by atoms with Crippen LogP contribution < -0.4 is 25.6 Å². The molecule has 0 aliphatic carbocycles. The Balaban J connectivity index is 1.96. The molecular weight excluding hydrogens is 380 g/mol. The van der Waals surface area contributed by atoms with Crippen molar-refractivity contribution in [2.75, 3.05) is 19.0 Å². The van der Waals surface area contributed by atoms with Crippen molar-refractivity contribution in [3.05, 3.63) is 58.1 Å². The van der Waals surface area contributed by atoms with Crippen molar-refractivity contribution in [1.29, 1.82) is 0 Å². The van der Waals surface area contributed by atoms with Gasteiger partial charge >= 0.3 is 0 Å². The molecule has 0 aromatic heterocycles. The third-order valence-electron chi connectivity index (χ3n) is 3.84. The van der Waals surface area contributed by atoms with Crippen molar-refractivity contribution in [3.63, 3.8) is 0 Å². The molecule has 0 saturated heterocycles. The van der Waals surface area contributed by atoms with Crippen molar-refractivity contribution in [2.45, 2.75) is 20.0 Å². The highest BCUT2D eigenvalue weighted by molar-refractivity contribution is 6.01. The number of nitro groups is 1. The first kappa shape index (κ1) is 21.5. The number of amides is 2. The van der Waals surface area contributed by atoms with Gasteiger partial charge in [0.15, 0.2) is 6.10 Å². The third-order valence-corrected chi connectivity index (χ3v) is 3.84. The summed E-state index contributed by atoms with van der Waals surface area (Å²) >= 11 is 0. The van der Waals surface area contributed by atoms with Crippen molar-refractivity contribution >= 4 is 23.2 Å². The fourth-order valence-electron chi connectivity index (χ4n) is 2.38. The minimum absolute atomic E-state index is 0.0158. The Kier molecular flexibility index (Phi) is 7.35. The SMILES string of the molecule is CCOc1ccc(OC(C)C(=O)NNC(=O)c2cc([N+](=O)[O-])ccc2NC)cc1. The van der Waals surface area contributed by atoms with Gasteiger partial charge in [-0.1, -0.05) is 0 Å². The highest BCUT2D eigenvalue weighted by Gasteiger charge is 2.19. The number of nitro benzene ring substituents is 1. The van der Waals surface area contributed by atoms with E-state index in [1.807, 2.05) is 6.92 Å². The minimum Gasteiger partial charge on any atom is -0.494 e. The van der Waals surface area contributed by atoms with Crippen molar-refractivity contribution in [1.82, 2.24) is 10.9 Å². The molecule has 154 valence electrons. The molecule has 0 aliphatic rings. The molecule has 0 bridgehead atoms. The van der Waals surface area contributed by atoms with Gasteiger partial charge in [-0.05, 0) is 44.2 Å². The van der Waals surface area contributed by atoms with Crippen LogP contribution >= 0.6 is 0 Å². The van der Waals surface area contributed by atoms with Gasteiger partial charge in [-0.3, -0.25) is 30.6 Å². The van der Waals surface area contributed by atoms with Gasteiger partial charge in [-0.25, -0.2) is 0 Å². The average molecular weight is 402 g/mol. The van der Waals surface area contributed by atoms with Crippen LogP contribution in [0.15, 0.2) is 42.5 Å². The number of nitrogens with zero attached hydrogens (tertiary/aromatic N) is 1. The van der Waals surface area contributed by atoms with Crippen LogP contribution in [0, 0.1) is 10.1 Å². The molecule has 29 heavy (non-hydrogen) atoms. The molecule has 0 fully saturated rings. The number of anilines is 1. The predicted octanol–water partition coefficient (Wildman–Crippen LogP) is 2.26. The van der Waals surface area contributed by atoms with Crippen molar-refractivity contribution in [3.8, 4) is 11.5 Å². The van der Waals surface area contributed by atoms with E-state index in [0.29, 0.717) is 23.8 Å². The monoisotopic (exact) mass is 402 g/mol. The van der Waals surface area contributed by atoms with Crippen molar-refractivity contribution < 1.29 is 24.0 Å². The Labute approximate surface area is 167 Å². The first-order valence-electron chi connectivity index (χ1n) is 8.81. The summed E-state index contributed by atoms with van der Waals surface area (Å²) in [5, 5.41) is 13.7. The molecule has 1 atom stereocenters. The molecular formula is C19H22N4O6. The zero-order chi connectivity index (χ0) is 21.4. The topological polar surface area (TPSA) is 132 Å². The average Bonchev–Trinajstić information content (AvgIpc) is 2.72. The van der Waals surface area contributed by atoms with Gasteiger partial charge in [0.2, 0.25) is 0 Å². The van der Waals surface area contributed by atoms with Crippen LogP contribution in [0.25, 0.3) is 0 Å². The maximum absolute atomic E-state index is 12.3. The number of rotatable bonds is 8. The van der Waals surface area contributed by atoms with Crippen molar-refractivity contribution in [2.24, 2.45) is 0 Å². The maximum atomic E-state index is 12.3. The lowest BCUT2D eigenvalue weighted by Gasteiger charge is -2.16. The molecule has 0 saturated carbocycles. The van der Waals surface area contributed by atoms with E-state index in [1.54, 1.807) is 31.3 Å². The zero-order valence-corrected chi connectivity index (χ0v) is 16.2. The normalized spacial score (nSPS) is 11.1. The van der Waals surface area contributed by atoms with Crippen LogP contribution in [0.4, 0.5) is 11.4 Å². The molecule has 10 nitrogen and oxygen atoms in total. The zero-order valence-electron chi connectivity index (χ0n) is 16.2. The number of hydrazine groups is 1. The summed E-state index contributed by atoms with van der Waals surface area (Å²) in [5.74, 6) is -0.163. The van der Waals surface area contributed by atoms with Gasteiger partial charge in [0.1, 0.15) is 11.5 Å². The summed E-state index contributed by atoms with van der Waals surface area (Å²) in [5.41, 5.74) is 4.63. The Morgan fingerprint density at radius 3 is 2.34 bits per heavy atom. The molecule has 2 amide bonds. The van der Waals surface area contributed by atoms with E-state index >= 15 is 0 Å². The summed E-state index contributed by atoms with van der Waals surface area (Å²) in [7, 11) is 1.57. The first-order valence-corrected chi connectivity index (χ1v) is 8.81. The highest BCUT2D eigenvalue weighted by Crippen LogP contribution is 2.22. The standard InChI is InChI=1S/C19H22N4O6/c1-4-28-14-6-8-15(9-7-14)29-12(2)18(24)21-22-19(25)16-11-13(23(26)27)5-10-17(16)20-3/h5-12,20H,4H2,1-3H3,(H,21,24)(H,22,25). The van der Waals surface area contributed by atoms with E-state index in [-0.39, 0.29) is 11.3 Å². The molecule has 0 spiro atoms. The summed E-state index contributed by atoms with van der Waals surface area (Å²) in [6.45, 7) is 3.93. The first-order chi connectivity index (χ1) is 13.8. The third kappa shape index (κ3) is 5.83. The second-order valence-electron chi connectivity index (χ2n) is 5.84. The Hall–Kier alpha value is -3.82. The quantitative estimate of drug-likeness (QED) is 0.456. The Bertz CT molecular complexity index is 885. The fourth-order valence-corrected chi connectivity index (χ4v) is 2.38. The summed E-state index contributed by atoms with van der Waals surface area (Å²) in [6.07, 6.45) is -0.901. The van der Waals surface area contributed by atoms with E-state index < -0.39 is 22.8 Å². The predicted molar refractivity (Wildman–Crippen MR) is 106 cm³/mol. The largest absolute Gasteiger partial charge is 0.494 e. The molecule has 0 heterocycles. The van der Waals surface area contributed by atoms with E-state index in [0.717, 1.165) is 6.07 Å². The van der Waals surface area contributed by atoms with Crippen LogP contribution in [0.3, 0.4) is 0 Å². The van der Waals surface area contributed by atoms with E-state index in [9.17, 15) is 19.7 Å². The molecule has 0 radical (unpaired) electrons. The van der Waals surface area contributed by atoms with Gasteiger partial charge in [-0.15, -0.1) is 0 Å². The molecule has 2 aromatic rings. The lowest BCUT2D eigenvalue weighted by atomic mass is 10.1. The number of ether oxygens (including phenoxy) is 2. The second-order valence-corrected chi connectivity index (χ2v) is 5.84. The maximum Gasteiger partial charge on any atom is 0.279 e. The molecule has 10 heteroatoms. The van der Waals surface area contributed by atoms with E-state index in [1.165, 1.54) is 19.1 Å². The van der Waals surface area contributed by atoms with Gasteiger partial charge < -0.3 is 14.8 Å². The van der Waals surface area contributed by atoms with Gasteiger partial charge in [0, 0.05) is 24.9 Å². The number of nitrogens with one attached hydrogen (secondary N) is 3. The second kappa shape index (κ2) is 9.93. The lowest BCUT2D eigenvalue weighted by molar-refractivity contribution is -0.384. The number of carbonyl (C=O) groups is 2. The number of benzene rings is 2. The highest BCUT2D eigenvalue weighted by atomic mass is 16.6. The smallest absolute Gasteiger partial charge is 0.279 e. The van der Waals surface area contributed by atoms with Gasteiger partial charge in [-0.2, -0.15) is 0 Å². The van der Waals surface area contributed by atoms with Crippen LogP contribution in [0.5, 0.6) is 11.5 Å². The van der Waals surface area contributed by atoms with Gasteiger partial charge in [0.05, 0.1) is 17.1 Å². The Morgan fingerprint density at radius 1 is 1.10 bits per heavy atom. The van der Waals surface area contributed by atoms with Gasteiger partial charge in [0.25, 0.3) is 17.5 Å². The molecule has 2 aromatic carbocycles. The van der Waals surface area contributed by atoms with Crippen LogP contribution in [-0.4, -0.2) is 36.5 Å². The van der Waals surface area contributed by atoms with Crippen LogP contribution in [0.2, 0.25) is 0 Å². The molecule has 3 N–H and O–H groups in total.